The fourth-order valence-electron chi connectivity index (χ4n) is 3.74. The number of amides is 1. The summed E-state index contributed by atoms with van der Waals surface area (Å²) in [6, 6.07) is 8.54. The molecule has 1 heterocycles. The normalized spacial score (nSPS) is 23.1. The van der Waals surface area contributed by atoms with Gasteiger partial charge in [0.15, 0.2) is 0 Å². The van der Waals surface area contributed by atoms with Gasteiger partial charge in [-0.3, -0.25) is 9.69 Å². The van der Waals surface area contributed by atoms with Crippen LogP contribution in [0.25, 0.3) is 0 Å². The average molecular weight is 404 g/mol. The van der Waals surface area contributed by atoms with E-state index in [1.807, 2.05) is 24.0 Å². The second-order valence-corrected chi connectivity index (χ2v) is 6.95. The Morgan fingerprint density at radius 3 is 2.31 bits per heavy atom. The summed E-state index contributed by atoms with van der Waals surface area (Å²) in [6.45, 7) is 7.18. The van der Waals surface area contributed by atoms with Crippen LogP contribution in [0.5, 0.6) is 5.75 Å². The van der Waals surface area contributed by atoms with Gasteiger partial charge in [0.05, 0.1) is 6.61 Å². The lowest BCUT2D eigenvalue weighted by Crippen LogP contribution is -2.49. The number of ether oxygens (including phenoxy) is 1. The fraction of sp³-hybridized carbons (Fsp3) is 0.632. The molecule has 1 aliphatic heterocycles. The predicted molar refractivity (Wildman–Crippen MR) is 109 cm³/mol. The van der Waals surface area contributed by atoms with E-state index in [0.29, 0.717) is 12.5 Å². The summed E-state index contributed by atoms with van der Waals surface area (Å²) in [4.78, 5) is 17.0. The summed E-state index contributed by atoms with van der Waals surface area (Å²) in [7, 11) is 0. The maximum Gasteiger partial charge on any atom is 0.225 e. The first-order valence-electron chi connectivity index (χ1n) is 9.14. The quantitative estimate of drug-likeness (QED) is 0.820. The molecule has 0 radical (unpaired) electrons. The Morgan fingerprint density at radius 1 is 1.12 bits per heavy atom. The lowest BCUT2D eigenvalue weighted by atomic mass is 10.1. The highest BCUT2D eigenvalue weighted by atomic mass is 35.5. The van der Waals surface area contributed by atoms with E-state index in [-0.39, 0.29) is 36.8 Å². The first-order chi connectivity index (χ1) is 11.7. The van der Waals surface area contributed by atoms with Gasteiger partial charge in [-0.15, -0.1) is 24.8 Å². The number of piperazine rings is 1. The number of halogens is 2. The molecule has 0 bridgehead atoms. The molecule has 1 aliphatic carbocycles. The lowest BCUT2D eigenvalue weighted by molar-refractivity contribution is -0.137. The van der Waals surface area contributed by atoms with Crippen molar-refractivity contribution in [3.63, 3.8) is 0 Å². The molecule has 1 amide bonds. The van der Waals surface area contributed by atoms with Crippen LogP contribution in [0.4, 0.5) is 0 Å². The number of hydrogen-bond donors (Lipinski definition) is 1. The summed E-state index contributed by atoms with van der Waals surface area (Å²) in [5.41, 5.74) is 7.23. The van der Waals surface area contributed by atoms with E-state index in [2.05, 4.69) is 17.0 Å². The molecule has 0 aromatic heterocycles. The van der Waals surface area contributed by atoms with Crippen molar-refractivity contribution in [2.75, 3.05) is 32.8 Å². The van der Waals surface area contributed by atoms with E-state index < -0.39 is 0 Å². The van der Waals surface area contributed by atoms with Gasteiger partial charge in [-0.05, 0) is 43.9 Å². The Hall–Kier alpha value is -1.01. The van der Waals surface area contributed by atoms with Crippen LogP contribution in [0.3, 0.4) is 0 Å². The van der Waals surface area contributed by atoms with Gasteiger partial charge in [0.2, 0.25) is 5.91 Å². The van der Waals surface area contributed by atoms with Crippen molar-refractivity contribution in [2.45, 2.75) is 38.8 Å². The molecule has 0 spiro atoms. The van der Waals surface area contributed by atoms with Gasteiger partial charge in [0.1, 0.15) is 5.75 Å². The standard InChI is InChI=1S/C19H29N3O2.2ClH/c1-2-24-18-7-3-15(4-8-18)14-21-9-11-22(12-10-21)19(23)16-5-6-17(20)13-16;;/h3-4,7-8,16-17H,2,5-6,9-14,20H2,1H3;2*1H. The van der Waals surface area contributed by atoms with Gasteiger partial charge in [0.25, 0.3) is 0 Å². The van der Waals surface area contributed by atoms with Crippen molar-refractivity contribution in [3.05, 3.63) is 29.8 Å². The summed E-state index contributed by atoms with van der Waals surface area (Å²) >= 11 is 0. The van der Waals surface area contributed by atoms with Crippen molar-refractivity contribution < 1.29 is 9.53 Å². The molecular formula is C19H31Cl2N3O2. The van der Waals surface area contributed by atoms with Gasteiger partial charge in [-0.25, -0.2) is 0 Å². The maximum absolute atomic E-state index is 12.5. The van der Waals surface area contributed by atoms with Crippen LogP contribution >= 0.6 is 24.8 Å². The second-order valence-electron chi connectivity index (χ2n) is 6.95. The van der Waals surface area contributed by atoms with E-state index in [0.717, 1.165) is 57.7 Å². The van der Waals surface area contributed by atoms with Gasteiger partial charge in [-0.2, -0.15) is 0 Å². The summed E-state index contributed by atoms with van der Waals surface area (Å²) in [6.07, 6.45) is 2.83. The minimum atomic E-state index is 0. The lowest BCUT2D eigenvalue weighted by Gasteiger charge is -2.36. The minimum absolute atomic E-state index is 0. The third kappa shape index (κ3) is 6.02. The highest BCUT2D eigenvalue weighted by molar-refractivity contribution is 5.85. The first-order valence-corrected chi connectivity index (χ1v) is 9.14. The number of nitrogens with zero attached hydrogens (tertiary/aromatic N) is 2. The van der Waals surface area contributed by atoms with E-state index in [1.54, 1.807) is 0 Å². The molecule has 2 fully saturated rings. The zero-order valence-corrected chi connectivity index (χ0v) is 17.1. The Labute approximate surface area is 169 Å². The maximum atomic E-state index is 12.5. The van der Waals surface area contributed by atoms with Crippen molar-refractivity contribution in [3.8, 4) is 5.75 Å². The molecular weight excluding hydrogens is 373 g/mol. The Kier molecular flexibility index (Phi) is 9.72. The van der Waals surface area contributed by atoms with Crippen LogP contribution < -0.4 is 10.5 Å². The highest BCUT2D eigenvalue weighted by Gasteiger charge is 2.32. The largest absolute Gasteiger partial charge is 0.494 e. The van der Waals surface area contributed by atoms with Crippen molar-refractivity contribution in [1.29, 1.82) is 0 Å². The van der Waals surface area contributed by atoms with Crippen LogP contribution in [-0.2, 0) is 11.3 Å². The first kappa shape index (κ1) is 23.0. The van der Waals surface area contributed by atoms with Crippen molar-refractivity contribution in [1.82, 2.24) is 9.80 Å². The molecule has 1 saturated carbocycles. The number of nitrogens with two attached hydrogens (primary N) is 1. The molecule has 2 aliphatic rings. The zero-order chi connectivity index (χ0) is 16.9. The van der Waals surface area contributed by atoms with Crippen LogP contribution in [0.2, 0.25) is 0 Å². The Bertz CT molecular complexity index is 548. The average Bonchev–Trinajstić information content (AvgIpc) is 3.03. The summed E-state index contributed by atoms with van der Waals surface area (Å²) in [5.74, 6) is 1.41. The number of carbonyl (C=O) groups is 1. The van der Waals surface area contributed by atoms with Crippen LogP contribution in [0.1, 0.15) is 31.7 Å². The molecule has 1 aromatic rings. The molecule has 1 aromatic carbocycles. The van der Waals surface area contributed by atoms with Gasteiger partial charge in [-0.1, -0.05) is 12.1 Å². The number of rotatable bonds is 5. The number of benzene rings is 1. The predicted octanol–water partition coefficient (Wildman–Crippen LogP) is 2.70. The molecule has 2 unspecified atom stereocenters. The van der Waals surface area contributed by atoms with E-state index in [4.69, 9.17) is 10.5 Å². The van der Waals surface area contributed by atoms with E-state index in [9.17, 15) is 4.79 Å². The summed E-state index contributed by atoms with van der Waals surface area (Å²) in [5, 5.41) is 0. The fourth-order valence-corrected chi connectivity index (χ4v) is 3.74. The molecule has 2 N–H and O–H groups in total. The number of carbonyl (C=O) groups excluding carboxylic acids is 1. The SMILES string of the molecule is CCOc1ccc(CN2CCN(C(=O)C3CCC(N)C3)CC2)cc1.Cl.Cl. The van der Waals surface area contributed by atoms with E-state index in [1.165, 1.54) is 5.56 Å². The molecule has 1 saturated heterocycles. The molecule has 5 nitrogen and oxygen atoms in total. The van der Waals surface area contributed by atoms with Crippen LogP contribution in [-0.4, -0.2) is 54.5 Å². The van der Waals surface area contributed by atoms with E-state index >= 15 is 0 Å². The van der Waals surface area contributed by atoms with Gasteiger partial charge < -0.3 is 15.4 Å². The summed E-state index contributed by atoms with van der Waals surface area (Å²) < 4.78 is 5.48. The van der Waals surface area contributed by atoms with Crippen molar-refractivity contribution in [2.24, 2.45) is 11.7 Å². The van der Waals surface area contributed by atoms with Crippen LogP contribution in [0, 0.1) is 5.92 Å². The van der Waals surface area contributed by atoms with Crippen LogP contribution in [0.15, 0.2) is 24.3 Å². The molecule has 3 rings (SSSR count). The topological polar surface area (TPSA) is 58.8 Å². The highest BCUT2D eigenvalue weighted by Crippen LogP contribution is 2.26. The van der Waals surface area contributed by atoms with Gasteiger partial charge >= 0.3 is 0 Å². The zero-order valence-electron chi connectivity index (χ0n) is 15.4. The number of hydrogen-bond acceptors (Lipinski definition) is 4. The smallest absolute Gasteiger partial charge is 0.225 e. The minimum Gasteiger partial charge on any atom is -0.494 e. The molecule has 2 atom stereocenters. The third-order valence-corrected chi connectivity index (χ3v) is 5.15. The Balaban J connectivity index is 0.00000169. The molecule has 7 heteroatoms. The third-order valence-electron chi connectivity index (χ3n) is 5.15. The second kappa shape index (κ2) is 11.0. The molecule has 26 heavy (non-hydrogen) atoms. The van der Waals surface area contributed by atoms with Crippen molar-refractivity contribution >= 4 is 30.7 Å². The molecule has 148 valence electrons. The van der Waals surface area contributed by atoms with Gasteiger partial charge in [0, 0.05) is 44.7 Å². The Morgan fingerprint density at radius 2 is 1.77 bits per heavy atom. The monoisotopic (exact) mass is 403 g/mol.